The van der Waals surface area contributed by atoms with Crippen molar-refractivity contribution in [3.63, 3.8) is 0 Å². The second kappa shape index (κ2) is 11.9. The molecule has 8 rings (SSSR count). The molecule has 2 amide bonds. The van der Waals surface area contributed by atoms with Crippen LogP contribution in [0.15, 0.2) is 133 Å². The van der Waals surface area contributed by atoms with Crippen molar-refractivity contribution in [3.05, 3.63) is 161 Å². The average molecular weight is 676 g/mol. The van der Waals surface area contributed by atoms with Crippen molar-refractivity contribution < 1.29 is 33.4 Å². The molecule has 2 bridgehead atoms. The maximum absolute atomic E-state index is 16.1. The van der Waals surface area contributed by atoms with Crippen LogP contribution in [0.1, 0.15) is 32.6 Å². The van der Waals surface area contributed by atoms with Gasteiger partial charge in [0.2, 0.25) is 11.8 Å². The van der Waals surface area contributed by atoms with E-state index in [-0.39, 0.29) is 17.0 Å². The quantitative estimate of drug-likeness (QED) is 0.134. The molecule has 3 aliphatic rings. The van der Waals surface area contributed by atoms with Gasteiger partial charge in [0.05, 0.1) is 55.2 Å². The Hall–Kier alpha value is -6.28. The minimum atomic E-state index is -1.60. The van der Waals surface area contributed by atoms with Gasteiger partial charge >= 0.3 is 5.97 Å². The Morgan fingerprint density at radius 2 is 0.961 bits per heavy atom. The van der Waals surface area contributed by atoms with Gasteiger partial charge in [-0.3, -0.25) is 14.4 Å². The Kier molecular flexibility index (Phi) is 7.49. The number of carbonyl (C=O) groups excluding carboxylic acids is 4. The fourth-order valence-electron chi connectivity index (χ4n) is 8.83. The van der Waals surface area contributed by atoms with E-state index in [1.165, 1.54) is 13.2 Å². The van der Waals surface area contributed by atoms with Crippen LogP contribution in [0, 0.1) is 11.8 Å². The third-order valence-corrected chi connectivity index (χ3v) is 10.8. The molecule has 252 valence electrons. The number of carbonyl (C=O) groups is 4. The Morgan fingerprint density at radius 3 is 1.37 bits per heavy atom. The highest BCUT2D eigenvalue weighted by molar-refractivity contribution is 6.39. The number of imide groups is 1. The van der Waals surface area contributed by atoms with Gasteiger partial charge in [0, 0.05) is 0 Å². The number of amides is 2. The van der Waals surface area contributed by atoms with E-state index in [1.54, 1.807) is 32.4 Å². The van der Waals surface area contributed by atoms with Crippen molar-refractivity contribution in [1.82, 2.24) is 0 Å². The largest absolute Gasteiger partial charge is 0.497 e. The summed E-state index contributed by atoms with van der Waals surface area (Å²) < 4.78 is 16.1. The standard InChI is InChI=1S/C43H33NO7/c1-49-30-22-18-26(19-23-30)34-35(27-20-24-31(50-2)25-21-27)43(29-14-8-5-9-15-29)37-36(42(34,41(43)48)28-12-6-4-7-13-28)38(45)44(39(37)46)33-17-11-10-16-32(33)40(47)51-3/h4-25,36-37H,1-3H3/t36-,37-,42+,43+/m1/s1. The zero-order chi connectivity index (χ0) is 35.5. The molecular formula is C43H33NO7. The number of rotatable bonds is 8. The number of fused-ring (bicyclic) bond motifs is 5. The summed E-state index contributed by atoms with van der Waals surface area (Å²) in [7, 11) is 4.42. The first-order chi connectivity index (χ1) is 24.8. The summed E-state index contributed by atoms with van der Waals surface area (Å²) in [6.07, 6.45) is 0. The minimum Gasteiger partial charge on any atom is -0.497 e. The molecule has 0 unspecified atom stereocenters. The molecular weight excluding hydrogens is 642 g/mol. The Labute approximate surface area is 294 Å². The van der Waals surface area contributed by atoms with E-state index in [0.717, 1.165) is 4.90 Å². The maximum atomic E-state index is 16.1. The highest BCUT2D eigenvalue weighted by Gasteiger charge is 2.82. The lowest BCUT2D eigenvalue weighted by Gasteiger charge is -2.39. The zero-order valence-corrected chi connectivity index (χ0v) is 28.2. The molecule has 1 aliphatic heterocycles. The van der Waals surface area contributed by atoms with Gasteiger partial charge in [-0.15, -0.1) is 0 Å². The first kappa shape index (κ1) is 32.0. The van der Waals surface area contributed by atoms with Gasteiger partial charge in [-0.2, -0.15) is 0 Å². The monoisotopic (exact) mass is 675 g/mol. The van der Waals surface area contributed by atoms with E-state index < -0.39 is 40.4 Å². The van der Waals surface area contributed by atoms with Crippen molar-refractivity contribution in [3.8, 4) is 11.5 Å². The number of benzene rings is 5. The molecule has 8 heteroatoms. The Morgan fingerprint density at radius 1 is 0.549 bits per heavy atom. The Balaban J connectivity index is 1.53. The summed E-state index contributed by atoms with van der Waals surface area (Å²) in [4.78, 5) is 60.8. The van der Waals surface area contributed by atoms with Crippen molar-refractivity contribution >= 4 is 40.4 Å². The number of anilines is 1. The molecule has 0 radical (unpaired) electrons. The summed E-state index contributed by atoms with van der Waals surface area (Å²) in [6, 6.07) is 39.9. The lowest BCUT2D eigenvalue weighted by atomic mass is 9.59. The molecule has 5 aromatic rings. The van der Waals surface area contributed by atoms with Crippen LogP contribution in [0.3, 0.4) is 0 Å². The van der Waals surface area contributed by atoms with Crippen LogP contribution in [-0.2, 0) is 30.0 Å². The lowest BCUT2D eigenvalue weighted by molar-refractivity contribution is -0.130. The predicted octanol–water partition coefficient (Wildman–Crippen LogP) is 6.68. The van der Waals surface area contributed by atoms with E-state index in [2.05, 4.69) is 0 Å². The summed E-state index contributed by atoms with van der Waals surface area (Å²) in [5, 5.41) is 0. The molecule has 5 aromatic carbocycles. The molecule has 1 saturated carbocycles. The van der Waals surface area contributed by atoms with Gasteiger partial charge in [0.1, 0.15) is 11.5 Å². The highest BCUT2D eigenvalue weighted by Crippen LogP contribution is 2.74. The third-order valence-electron chi connectivity index (χ3n) is 10.8. The molecule has 1 saturated heterocycles. The summed E-state index contributed by atoms with van der Waals surface area (Å²) >= 11 is 0. The maximum Gasteiger partial charge on any atom is 0.339 e. The van der Waals surface area contributed by atoms with Crippen LogP contribution < -0.4 is 14.4 Å². The molecule has 4 atom stereocenters. The van der Waals surface area contributed by atoms with E-state index in [0.29, 0.717) is 44.9 Å². The number of para-hydroxylation sites is 1. The number of hydrogen-bond donors (Lipinski definition) is 0. The van der Waals surface area contributed by atoms with Crippen molar-refractivity contribution in [2.24, 2.45) is 11.8 Å². The molecule has 0 aromatic heterocycles. The number of ketones is 1. The van der Waals surface area contributed by atoms with Gasteiger partial charge < -0.3 is 14.2 Å². The number of nitrogens with zero attached hydrogens (tertiary/aromatic N) is 1. The van der Waals surface area contributed by atoms with Crippen molar-refractivity contribution in [1.29, 1.82) is 0 Å². The summed E-state index contributed by atoms with van der Waals surface area (Å²) in [6.45, 7) is 0. The molecule has 51 heavy (non-hydrogen) atoms. The van der Waals surface area contributed by atoms with Crippen LogP contribution in [0.5, 0.6) is 11.5 Å². The lowest BCUT2D eigenvalue weighted by Crippen LogP contribution is -2.46. The topological polar surface area (TPSA) is 99.2 Å². The van der Waals surface area contributed by atoms with Crippen molar-refractivity contribution in [2.75, 3.05) is 26.2 Å². The van der Waals surface area contributed by atoms with Crippen LogP contribution >= 0.6 is 0 Å². The second-order valence-corrected chi connectivity index (χ2v) is 12.9. The van der Waals surface area contributed by atoms with Gasteiger partial charge in [0.15, 0.2) is 5.78 Å². The predicted molar refractivity (Wildman–Crippen MR) is 191 cm³/mol. The molecule has 1 heterocycles. The molecule has 2 aliphatic carbocycles. The summed E-state index contributed by atoms with van der Waals surface area (Å²) in [5.74, 6) is -3.10. The van der Waals surface area contributed by atoms with E-state index in [4.69, 9.17) is 14.2 Å². The summed E-state index contributed by atoms with van der Waals surface area (Å²) in [5.41, 5.74) is 0.878. The average Bonchev–Trinajstić information content (AvgIpc) is 3.70. The highest BCUT2D eigenvalue weighted by atomic mass is 16.5. The normalized spacial score (nSPS) is 23.4. The molecule has 8 nitrogen and oxygen atoms in total. The van der Waals surface area contributed by atoms with Crippen LogP contribution in [0.25, 0.3) is 11.1 Å². The number of methoxy groups -OCH3 is 3. The smallest absolute Gasteiger partial charge is 0.339 e. The van der Waals surface area contributed by atoms with Gasteiger partial charge in [0.25, 0.3) is 0 Å². The first-order valence-corrected chi connectivity index (χ1v) is 16.6. The van der Waals surface area contributed by atoms with Crippen molar-refractivity contribution in [2.45, 2.75) is 10.8 Å². The molecule has 2 fully saturated rings. The van der Waals surface area contributed by atoms with E-state index in [9.17, 15) is 4.79 Å². The minimum absolute atomic E-state index is 0.0709. The second-order valence-electron chi connectivity index (χ2n) is 12.9. The number of hydrogen-bond acceptors (Lipinski definition) is 7. The fourth-order valence-corrected chi connectivity index (χ4v) is 8.83. The van der Waals surface area contributed by atoms with Crippen LogP contribution in [-0.4, -0.2) is 44.9 Å². The third kappa shape index (κ3) is 4.19. The zero-order valence-electron chi connectivity index (χ0n) is 28.2. The fraction of sp³-hybridized carbons (Fsp3) is 0.163. The van der Waals surface area contributed by atoms with E-state index in [1.807, 2.05) is 109 Å². The molecule has 0 N–H and O–H groups in total. The first-order valence-electron chi connectivity index (χ1n) is 16.6. The SMILES string of the molecule is COC(=O)c1ccccc1N1C(=O)[C@H]2[C@H](C1=O)[C@@]1(c3ccccc3)C(=O)[C@@]2(c2ccccc2)C(c2ccc(OC)cc2)=C1c1ccc(OC)cc1. The molecule has 0 spiro atoms. The van der Waals surface area contributed by atoms with E-state index >= 15 is 14.4 Å². The number of allylic oxidation sites excluding steroid dienone is 2. The van der Waals surface area contributed by atoms with Gasteiger partial charge in [-0.05, 0) is 69.8 Å². The van der Waals surface area contributed by atoms with Crippen LogP contribution in [0.4, 0.5) is 5.69 Å². The number of Topliss-reactive ketones (excluding diaryl/α,β-unsaturated/α-hetero) is 1. The Bertz CT molecular complexity index is 2120. The van der Waals surface area contributed by atoms with Gasteiger partial charge in [-0.25, -0.2) is 9.69 Å². The van der Waals surface area contributed by atoms with Gasteiger partial charge in [-0.1, -0.05) is 97.1 Å². The number of ether oxygens (including phenoxy) is 3. The van der Waals surface area contributed by atoms with Crippen LogP contribution in [0.2, 0.25) is 0 Å². The number of esters is 1.